The lowest BCUT2D eigenvalue weighted by Crippen LogP contribution is -2.46. The molecule has 0 radical (unpaired) electrons. The van der Waals surface area contributed by atoms with E-state index >= 15 is 0 Å². The van der Waals surface area contributed by atoms with Crippen LogP contribution in [-0.2, 0) is 20.7 Å². The Kier molecular flexibility index (Phi) is 8.11. The summed E-state index contributed by atoms with van der Waals surface area (Å²) in [5.41, 5.74) is 6.71. The number of rotatable bonds is 6. The van der Waals surface area contributed by atoms with Crippen LogP contribution in [0, 0.1) is 0 Å². The Morgan fingerprint density at radius 2 is 1.97 bits per heavy atom. The van der Waals surface area contributed by atoms with Crippen molar-refractivity contribution in [1.82, 2.24) is 14.9 Å². The number of ether oxygens (including phenoxy) is 2. The third-order valence-corrected chi connectivity index (χ3v) is 8.09. The lowest BCUT2D eigenvalue weighted by molar-refractivity contribution is -0.123. The molecule has 3 aliphatic rings. The number of carbonyl (C=O) groups excluding carboxylic acids is 1. The van der Waals surface area contributed by atoms with Crippen molar-refractivity contribution in [2.75, 3.05) is 26.3 Å². The van der Waals surface area contributed by atoms with Crippen LogP contribution in [0.4, 0.5) is 0 Å². The summed E-state index contributed by atoms with van der Waals surface area (Å²) in [7, 11) is 0. The average molecular weight is 477 g/mol. The van der Waals surface area contributed by atoms with E-state index < -0.39 is 0 Å². The number of carboxylic acid groups (broad SMARTS) is 1. The molecule has 2 fully saturated rings. The number of morpholine rings is 1. The number of fused-ring (bicyclic) bond motifs is 3. The second-order valence-electron chi connectivity index (χ2n) is 8.84. The quantitative estimate of drug-likeness (QED) is 0.609. The maximum Gasteiger partial charge on any atom is 0.290 e. The molecule has 2 aromatic rings. The fourth-order valence-corrected chi connectivity index (χ4v) is 6.59. The Balaban J connectivity index is 0.000000821. The van der Waals surface area contributed by atoms with Gasteiger partial charge in [0.25, 0.3) is 6.47 Å². The summed E-state index contributed by atoms with van der Waals surface area (Å²) in [6.07, 6.45) is 9.64. The molecular weight excluding hydrogens is 444 g/mol. The molecule has 0 unspecified atom stereocenters. The fraction of sp³-hybridized carbons (Fsp3) is 0.652. The zero-order valence-corrected chi connectivity index (χ0v) is 19.6. The molecule has 5 rings (SSSR count). The van der Waals surface area contributed by atoms with Gasteiger partial charge in [0, 0.05) is 30.4 Å². The first-order valence-electron chi connectivity index (χ1n) is 11.7. The molecule has 1 atom stereocenters. The number of carbonyl (C=O) groups is 2. The molecule has 9 nitrogen and oxygen atoms in total. The number of hydrogen-bond acceptors (Lipinski definition) is 8. The minimum atomic E-state index is -0.250. The second-order valence-corrected chi connectivity index (χ2v) is 9.92. The monoisotopic (exact) mass is 476 g/mol. The van der Waals surface area contributed by atoms with Crippen LogP contribution in [0.3, 0.4) is 0 Å². The zero-order valence-electron chi connectivity index (χ0n) is 18.8. The van der Waals surface area contributed by atoms with Gasteiger partial charge in [0.05, 0.1) is 18.6 Å². The fourth-order valence-electron chi connectivity index (χ4n) is 5.36. The van der Waals surface area contributed by atoms with Gasteiger partial charge < -0.3 is 20.3 Å². The highest BCUT2D eigenvalue weighted by Gasteiger charge is 2.32. The Morgan fingerprint density at radius 3 is 2.67 bits per heavy atom. The summed E-state index contributed by atoms with van der Waals surface area (Å²) in [5.74, 6) is 0.859. The van der Waals surface area contributed by atoms with Crippen molar-refractivity contribution in [3.05, 3.63) is 16.8 Å². The van der Waals surface area contributed by atoms with Crippen molar-refractivity contribution in [3.63, 3.8) is 0 Å². The molecule has 3 N–H and O–H groups in total. The topological polar surface area (TPSA) is 128 Å². The molecule has 0 spiro atoms. The summed E-state index contributed by atoms with van der Waals surface area (Å²) in [4.78, 5) is 33.7. The van der Waals surface area contributed by atoms with Crippen LogP contribution in [0.25, 0.3) is 10.2 Å². The molecular formula is C23H32N4O5S. The average Bonchev–Trinajstić information content (AvgIpc) is 3.39. The summed E-state index contributed by atoms with van der Waals surface area (Å²) >= 11 is 1.75. The van der Waals surface area contributed by atoms with E-state index in [1.54, 1.807) is 17.7 Å². The number of aromatic nitrogens is 2. The zero-order chi connectivity index (χ0) is 23.2. The Bertz CT molecular complexity index is 954. The van der Waals surface area contributed by atoms with Crippen molar-refractivity contribution in [2.24, 2.45) is 5.73 Å². The molecule has 2 aliphatic carbocycles. The molecule has 1 amide bonds. The van der Waals surface area contributed by atoms with Crippen molar-refractivity contribution in [2.45, 2.75) is 69.4 Å². The minimum absolute atomic E-state index is 0.210. The largest absolute Gasteiger partial charge is 0.483 e. The van der Waals surface area contributed by atoms with Crippen LogP contribution in [0.2, 0.25) is 0 Å². The first-order valence-corrected chi connectivity index (χ1v) is 12.5. The number of aryl methyl sites for hydroxylation is 1. The van der Waals surface area contributed by atoms with Crippen LogP contribution in [0.5, 0.6) is 5.88 Å². The maximum atomic E-state index is 11.3. The van der Waals surface area contributed by atoms with E-state index in [1.807, 2.05) is 0 Å². The number of thiophene rings is 1. The van der Waals surface area contributed by atoms with Gasteiger partial charge in [0.1, 0.15) is 17.3 Å². The molecule has 3 heterocycles. The smallest absolute Gasteiger partial charge is 0.290 e. The van der Waals surface area contributed by atoms with Crippen LogP contribution in [-0.4, -0.2) is 70.8 Å². The highest BCUT2D eigenvalue weighted by Crippen LogP contribution is 2.47. The number of hydrogen-bond donors (Lipinski definition) is 2. The lowest BCUT2D eigenvalue weighted by atomic mass is 9.91. The summed E-state index contributed by atoms with van der Waals surface area (Å²) in [6.45, 7) is 3.57. The van der Waals surface area contributed by atoms with E-state index in [4.69, 9.17) is 25.1 Å². The molecule has 0 bridgehead atoms. The number of primary amides is 1. The Labute approximate surface area is 197 Å². The number of nitrogens with two attached hydrogens (primary N) is 1. The van der Waals surface area contributed by atoms with Gasteiger partial charge in [-0.25, -0.2) is 9.97 Å². The van der Waals surface area contributed by atoms with Gasteiger partial charge in [-0.05, 0) is 56.4 Å². The van der Waals surface area contributed by atoms with Crippen molar-refractivity contribution in [3.8, 4) is 5.88 Å². The Hall–Kier alpha value is -2.30. The SMILES string of the molecule is NC(=O)CC[C@H]1CCc2sc3ncnc(O[C@H]4CC[C@H](N5CCOCC5)CC4)c3c21.O=CO. The molecule has 1 aliphatic heterocycles. The predicted octanol–water partition coefficient (Wildman–Crippen LogP) is 2.71. The van der Waals surface area contributed by atoms with Crippen molar-refractivity contribution in [1.29, 1.82) is 0 Å². The van der Waals surface area contributed by atoms with Gasteiger partial charge in [-0.2, -0.15) is 0 Å². The van der Waals surface area contributed by atoms with Crippen LogP contribution in [0.1, 0.15) is 61.3 Å². The number of amides is 1. The number of nitrogens with zero attached hydrogens (tertiary/aromatic N) is 3. The Morgan fingerprint density at radius 1 is 1.24 bits per heavy atom. The highest BCUT2D eigenvalue weighted by molar-refractivity contribution is 7.19. The molecule has 0 aromatic carbocycles. The van der Waals surface area contributed by atoms with E-state index in [0.29, 0.717) is 18.4 Å². The van der Waals surface area contributed by atoms with Crippen molar-refractivity contribution >= 4 is 33.9 Å². The highest BCUT2D eigenvalue weighted by atomic mass is 32.1. The molecule has 10 heteroatoms. The maximum absolute atomic E-state index is 11.3. The van der Waals surface area contributed by atoms with Crippen molar-refractivity contribution < 1.29 is 24.2 Å². The van der Waals surface area contributed by atoms with E-state index in [1.165, 1.54) is 23.3 Å². The lowest BCUT2D eigenvalue weighted by Gasteiger charge is -2.38. The van der Waals surface area contributed by atoms with Gasteiger partial charge in [-0.3, -0.25) is 14.5 Å². The van der Waals surface area contributed by atoms with Gasteiger partial charge >= 0.3 is 0 Å². The van der Waals surface area contributed by atoms with E-state index in [9.17, 15) is 4.79 Å². The molecule has 33 heavy (non-hydrogen) atoms. The summed E-state index contributed by atoms with van der Waals surface area (Å²) in [6, 6.07) is 0.655. The molecule has 2 aromatic heterocycles. The first kappa shape index (κ1) is 23.8. The molecule has 180 valence electrons. The van der Waals surface area contributed by atoms with Gasteiger partial charge in [-0.15, -0.1) is 11.3 Å². The van der Waals surface area contributed by atoms with E-state index in [0.717, 1.165) is 74.5 Å². The molecule has 1 saturated carbocycles. The standard InChI is InChI=1S/C22H30N4O3S.CH2O2/c23-18(27)8-2-14-1-7-17-19(14)20-21(24-13-25-22(20)30-17)29-16-5-3-15(4-6-16)26-9-11-28-12-10-26;2-1-3/h13-16H,1-12H2,(H2,23,27);1H,(H,2,3)/t14-,15-,16-;/m1./s1. The third kappa shape index (κ3) is 5.62. The van der Waals surface area contributed by atoms with Gasteiger partial charge in [0.2, 0.25) is 11.8 Å². The van der Waals surface area contributed by atoms with Gasteiger partial charge in [0.15, 0.2) is 0 Å². The third-order valence-electron chi connectivity index (χ3n) is 6.92. The molecule has 1 saturated heterocycles. The van der Waals surface area contributed by atoms with E-state index in [-0.39, 0.29) is 18.5 Å². The summed E-state index contributed by atoms with van der Waals surface area (Å²) in [5, 5.41) is 7.97. The normalized spacial score (nSPS) is 25.2. The minimum Gasteiger partial charge on any atom is -0.483 e. The van der Waals surface area contributed by atoms with Crippen LogP contribution in [0.15, 0.2) is 6.33 Å². The van der Waals surface area contributed by atoms with Crippen LogP contribution < -0.4 is 10.5 Å². The van der Waals surface area contributed by atoms with Crippen LogP contribution >= 0.6 is 11.3 Å². The van der Waals surface area contributed by atoms with E-state index in [2.05, 4.69) is 14.9 Å². The predicted molar refractivity (Wildman–Crippen MR) is 125 cm³/mol. The van der Waals surface area contributed by atoms with Gasteiger partial charge in [-0.1, -0.05) is 0 Å². The summed E-state index contributed by atoms with van der Waals surface area (Å²) < 4.78 is 12.0. The second kappa shape index (κ2) is 11.2. The first-order chi connectivity index (χ1) is 16.1.